The second kappa shape index (κ2) is 5.19. The molecule has 98 valence electrons. The fraction of sp³-hybridized carbons (Fsp3) is 0.357. The van der Waals surface area contributed by atoms with Gasteiger partial charge in [0.15, 0.2) is 5.78 Å². The third-order valence-electron chi connectivity index (χ3n) is 3.08. The van der Waals surface area contributed by atoms with Gasteiger partial charge >= 0.3 is 5.97 Å². The van der Waals surface area contributed by atoms with Crippen LogP contribution >= 0.6 is 0 Å². The normalized spacial score (nSPS) is 20.5. The molecule has 1 aromatic rings. The number of ketones is 1. The fourth-order valence-corrected chi connectivity index (χ4v) is 1.98. The van der Waals surface area contributed by atoms with E-state index < -0.39 is 29.4 Å². The quantitative estimate of drug-likeness (QED) is 0.614. The van der Waals surface area contributed by atoms with Gasteiger partial charge in [0.1, 0.15) is 5.82 Å². The lowest BCUT2D eigenvalue weighted by molar-refractivity contribution is -0.144. The molecule has 2 unspecified atom stereocenters. The Bertz CT molecular complexity index is 577. The third-order valence-corrected chi connectivity index (χ3v) is 3.08. The van der Waals surface area contributed by atoms with E-state index in [0.29, 0.717) is 6.42 Å². The fourth-order valence-electron chi connectivity index (χ4n) is 1.98. The van der Waals surface area contributed by atoms with Crippen molar-refractivity contribution in [2.75, 3.05) is 6.61 Å². The van der Waals surface area contributed by atoms with Crippen LogP contribution in [0.3, 0.4) is 0 Å². The molecule has 0 heterocycles. The lowest BCUT2D eigenvalue weighted by Gasteiger charge is -2.03. The van der Waals surface area contributed by atoms with Crippen molar-refractivity contribution in [3.8, 4) is 6.07 Å². The van der Waals surface area contributed by atoms with Crippen LogP contribution in [0.4, 0.5) is 4.39 Å². The van der Waals surface area contributed by atoms with E-state index in [1.165, 1.54) is 12.1 Å². The van der Waals surface area contributed by atoms with Crippen molar-refractivity contribution < 1.29 is 18.7 Å². The van der Waals surface area contributed by atoms with Gasteiger partial charge in [0, 0.05) is 5.92 Å². The summed E-state index contributed by atoms with van der Waals surface area (Å²) in [6.45, 7) is 1.95. The molecule has 0 amide bonds. The number of Topliss-reactive ketones (excluding diaryl/α,β-unsaturated/α-hetero) is 1. The molecule has 1 aromatic carbocycles. The minimum Gasteiger partial charge on any atom is -0.466 e. The second-order valence-corrected chi connectivity index (χ2v) is 4.37. The highest BCUT2D eigenvalue weighted by molar-refractivity contribution is 6.03. The van der Waals surface area contributed by atoms with E-state index in [-0.39, 0.29) is 17.7 Å². The maximum Gasteiger partial charge on any atom is 0.309 e. The van der Waals surface area contributed by atoms with Gasteiger partial charge in [0.25, 0.3) is 0 Å². The topological polar surface area (TPSA) is 67.2 Å². The third kappa shape index (κ3) is 2.63. The van der Waals surface area contributed by atoms with Crippen LogP contribution in [-0.2, 0) is 9.53 Å². The van der Waals surface area contributed by atoms with Gasteiger partial charge in [-0.3, -0.25) is 9.59 Å². The average Bonchev–Trinajstić information content (AvgIpc) is 3.19. The number of carbonyl (C=O) groups is 2. The molecule has 0 N–H and O–H groups in total. The van der Waals surface area contributed by atoms with Gasteiger partial charge in [-0.05, 0) is 31.5 Å². The monoisotopic (exact) mass is 261 g/mol. The zero-order chi connectivity index (χ0) is 14.0. The van der Waals surface area contributed by atoms with Crippen LogP contribution < -0.4 is 0 Å². The number of esters is 1. The zero-order valence-corrected chi connectivity index (χ0v) is 10.4. The molecule has 0 spiro atoms. The highest BCUT2D eigenvalue weighted by atomic mass is 19.1. The van der Waals surface area contributed by atoms with Crippen LogP contribution in [0.2, 0.25) is 0 Å². The maximum absolute atomic E-state index is 13.6. The molecule has 0 saturated heterocycles. The van der Waals surface area contributed by atoms with Gasteiger partial charge in [-0.2, -0.15) is 5.26 Å². The van der Waals surface area contributed by atoms with Crippen LogP contribution in [0.15, 0.2) is 18.2 Å². The van der Waals surface area contributed by atoms with E-state index in [2.05, 4.69) is 0 Å². The molecular formula is C14H12FNO3. The Hall–Kier alpha value is -2.22. The van der Waals surface area contributed by atoms with Crippen LogP contribution in [-0.4, -0.2) is 18.4 Å². The first-order valence-corrected chi connectivity index (χ1v) is 5.99. The summed E-state index contributed by atoms with van der Waals surface area (Å²) in [6, 6.07) is 5.47. The van der Waals surface area contributed by atoms with E-state index in [1.807, 2.05) is 6.07 Å². The number of hydrogen-bond donors (Lipinski definition) is 0. The Balaban J connectivity index is 2.14. The SMILES string of the molecule is CCOC(=O)C1CC1C(=O)c1cc(C#N)ccc1F. The molecule has 0 bridgehead atoms. The number of nitriles is 1. The van der Waals surface area contributed by atoms with Crippen molar-refractivity contribution in [3.05, 3.63) is 35.1 Å². The lowest BCUT2D eigenvalue weighted by atomic mass is 10.0. The minimum absolute atomic E-state index is 0.129. The molecule has 0 aromatic heterocycles. The number of hydrogen-bond acceptors (Lipinski definition) is 4. The van der Waals surface area contributed by atoms with E-state index >= 15 is 0 Å². The van der Waals surface area contributed by atoms with Gasteiger partial charge in [0.05, 0.1) is 29.7 Å². The first-order chi connectivity index (χ1) is 9.08. The van der Waals surface area contributed by atoms with E-state index in [9.17, 15) is 14.0 Å². The average molecular weight is 261 g/mol. The minimum atomic E-state index is -0.668. The highest BCUT2D eigenvalue weighted by Gasteiger charge is 2.49. The largest absolute Gasteiger partial charge is 0.466 e. The Labute approximate surface area is 109 Å². The van der Waals surface area contributed by atoms with Crippen LogP contribution in [0.1, 0.15) is 29.3 Å². The predicted octanol–water partition coefficient (Wildman–Crippen LogP) is 2.08. The molecule has 0 aliphatic heterocycles. The second-order valence-electron chi connectivity index (χ2n) is 4.37. The summed E-state index contributed by atoms with van der Waals surface area (Å²) in [5, 5.41) is 8.74. The van der Waals surface area contributed by atoms with Crippen LogP contribution in [0, 0.1) is 29.0 Å². The van der Waals surface area contributed by atoms with Crippen LogP contribution in [0.5, 0.6) is 0 Å². The van der Waals surface area contributed by atoms with Gasteiger partial charge in [-0.25, -0.2) is 4.39 Å². The molecule has 5 heteroatoms. The lowest BCUT2D eigenvalue weighted by Crippen LogP contribution is -2.13. The Morgan fingerprint density at radius 1 is 1.47 bits per heavy atom. The zero-order valence-electron chi connectivity index (χ0n) is 10.4. The molecular weight excluding hydrogens is 249 g/mol. The molecule has 2 rings (SSSR count). The standard InChI is InChI=1S/C14H12FNO3/c1-2-19-14(18)10-6-9(10)13(17)11-5-8(7-16)3-4-12(11)15/h3-5,9-10H,2,6H2,1H3. The van der Waals surface area contributed by atoms with Crippen molar-refractivity contribution in [3.63, 3.8) is 0 Å². The molecule has 1 fully saturated rings. The van der Waals surface area contributed by atoms with Gasteiger partial charge in [-0.15, -0.1) is 0 Å². The van der Waals surface area contributed by atoms with Crippen molar-refractivity contribution in [2.45, 2.75) is 13.3 Å². The predicted molar refractivity (Wildman–Crippen MR) is 63.7 cm³/mol. The summed E-state index contributed by atoms with van der Waals surface area (Å²) in [5.74, 6) is -2.52. The Morgan fingerprint density at radius 2 is 2.21 bits per heavy atom. The number of ether oxygens (including phenoxy) is 1. The summed E-state index contributed by atoms with van der Waals surface area (Å²) >= 11 is 0. The number of halogens is 1. The highest BCUT2D eigenvalue weighted by Crippen LogP contribution is 2.42. The van der Waals surface area contributed by atoms with Crippen molar-refractivity contribution in [1.29, 1.82) is 5.26 Å². The van der Waals surface area contributed by atoms with Crippen molar-refractivity contribution >= 4 is 11.8 Å². The number of carbonyl (C=O) groups excluding carboxylic acids is 2. The summed E-state index contributed by atoms with van der Waals surface area (Å²) in [7, 11) is 0. The first-order valence-electron chi connectivity index (χ1n) is 5.99. The summed E-state index contributed by atoms with van der Waals surface area (Å²) in [4.78, 5) is 23.5. The van der Waals surface area contributed by atoms with Gasteiger partial charge in [-0.1, -0.05) is 0 Å². The smallest absolute Gasteiger partial charge is 0.309 e. The number of nitrogens with zero attached hydrogens (tertiary/aromatic N) is 1. The van der Waals surface area contributed by atoms with E-state index in [4.69, 9.17) is 10.00 Å². The first kappa shape index (κ1) is 13.2. The molecule has 4 nitrogen and oxygen atoms in total. The summed E-state index contributed by atoms with van der Waals surface area (Å²) in [5.41, 5.74) is 0.0916. The maximum atomic E-state index is 13.6. The summed E-state index contributed by atoms with van der Waals surface area (Å²) < 4.78 is 18.4. The summed E-state index contributed by atoms with van der Waals surface area (Å²) in [6.07, 6.45) is 0.383. The van der Waals surface area contributed by atoms with Gasteiger partial charge < -0.3 is 4.74 Å². The van der Waals surface area contributed by atoms with Gasteiger partial charge in [0.2, 0.25) is 0 Å². The van der Waals surface area contributed by atoms with E-state index in [1.54, 1.807) is 6.92 Å². The number of benzene rings is 1. The molecule has 2 atom stereocenters. The molecule has 1 aliphatic rings. The van der Waals surface area contributed by atoms with Crippen molar-refractivity contribution in [1.82, 2.24) is 0 Å². The molecule has 0 radical (unpaired) electrons. The molecule has 1 saturated carbocycles. The Kier molecular flexibility index (Phi) is 3.61. The molecule has 19 heavy (non-hydrogen) atoms. The number of rotatable bonds is 4. The van der Waals surface area contributed by atoms with Crippen molar-refractivity contribution in [2.24, 2.45) is 11.8 Å². The Morgan fingerprint density at radius 3 is 2.84 bits per heavy atom. The van der Waals surface area contributed by atoms with E-state index in [0.717, 1.165) is 6.07 Å². The van der Waals surface area contributed by atoms with Crippen LogP contribution in [0.25, 0.3) is 0 Å². The molecule has 1 aliphatic carbocycles.